The van der Waals surface area contributed by atoms with Crippen molar-refractivity contribution >= 4 is 17.2 Å². The zero-order valence-electron chi connectivity index (χ0n) is 14.1. The number of aryl methyl sites for hydroxylation is 1. The SMILES string of the molecule is Cc1nc(-c2ccsc2)ccc1C(=O)N1CCN(CC(C)O)CC1. The van der Waals surface area contributed by atoms with Gasteiger partial charge in [-0.1, -0.05) is 0 Å². The van der Waals surface area contributed by atoms with Gasteiger partial charge in [0.1, 0.15) is 0 Å². The summed E-state index contributed by atoms with van der Waals surface area (Å²) >= 11 is 1.64. The van der Waals surface area contributed by atoms with E-state index in [4.69, 9.17) is 0 Å². The Balaban J connectivity index is 1.67. The topological polar surface area (TPSA) is 56.7 Å². The summed E-state index contributed by atoms with van der Waals surface area (Å²) in [5, 5.41) is 13.6. The van der Waals surface area contributed by atoms with Crippen molar-refractivity contribution in [1.82, 2.24) is 14.8 Å². The maximum absolute atomic E-state index is 12.8. The average Bonchev–Trinajstić information content (AvgIpc) is 3.09. The second kappa shape index (κ2) is 7.42. The molecule has 1 aliphatic rings. The van der Waals surface area contributed by atoms with E-state index in [1.807, 2.05) is 35.4 Å². The molecule has 1 N–H and O–H groups in total. The van der Waals surface area contributed by atoms with Crippen LogP contribution < -0.4 is 0 Å². The van der Waals surface area contributed by atoms with Crippen LogP contribution in [0.2, 0.25) is 0 Å². The van der Waals surface area contributed by atoms with Crippen molar-refractivity contribution in [2.24, 2.45) is 0 Å². The van der Waals surface area contributed by atoms with E-state index in [0.717, 1.165) is 30.0 Å². The van der Waals surface area contributed by atoms with Crippen molar-refractivity contribution < 1.29 is 9.90 Å². The van der Waals surface area contributed by atoms with Gasteiger partial charge in [0.15, 0.2) is 0 Å². The molecule has 2 aromatic rings. The summed E-state index contributed by atoms with van der Waals surface area (Å²) in [6.45, 7) is 7.34. The Morgan fingerprint density at radius 3 is 2.62 bits per heavy atom. The number of carbonyl (C=O) groups excluding carboxylic acids is 1. The second-order valence-corrected chi connectivity index (χ2v) is 7.06. The molecule has 0 aromatic carbocycles. The van der Waals surface area contributed by atoms with Crippen LogP contribution in [-0.2, 0) is 0 Å². The molecule has 0 bridgehead atoms. The van der Waals surface area contributed by atoms with Crippen molar-refractivity contribution in [3.63, 3.8) is 0 Å². The normalized spacial score (nSPS) is 17.0. The molecule has 0 aliphatic carbocycles. The van der Waals surface area contributed by atoms with E-state index in [2.05, 4.69) is 15.3 Å². The van der Waals surface area contributed by atoms with Crippen LogP contribution in [0, 0.1) is 6.92 Å². The number of amides is 1. The van der Waals surface area contributed by atoms with E-state index in [0.29, 0.717) is 25.2 Å². The van der Waals surface area contributed by atoms with Gasteiger partial charge in [0.2, 0.25) is 0 Å². The highest BCUT2D eigenvalue weighted by atomic mass is 32.1. The molecule has 1 aliphatic heterocycles. The fraction of sp³-hybridized carbons (Fsp3) is 0.444. The van der Waals surface area contributed by atoms with Gasteiger partial charge in [-0.3, -0.25) is 14.7 Å². The van der Waals surface area contributed by atoms with Gasteiger partial charge in [0.25, 0.3) is 5.91 Å². The Morgan fingerprint density at radius 2 is 2.04 bits per heavy atom. The Labute approximate surface area is 146 Å². The first kappa shape index (κ1) is 17.1. The molecule has 128 valence electrons. The number of nitrogens with zero attached hydrogens (tertiary/aromatic N) is 3. The van der Waals surface area contributed by atoms with Crippen LogP contribution in [0.15, 0.2) is 29.0 Å². The number of hydrogen-bond acceptors (Lipinski definition) is 5. The molecule has 3 rings (SSSR count). The van der Waals surface area contributed by atoms with E-state index in [-0.39, 0.29) is 12.0 Å². The first-order valence-electron chi connectivity index (χ1n) is 8.24. The summed E-state index contributed by atoms with van der Waals surface area (Å²) in [6, 6.07) is 5.85. The number of β-amino-alcohol motifs (C(OH)–C–C–N with tert-alkyl or cyclic N) is 1. The monoisotopic (exact) mass is 345 g/mol. The highest BCUT2D eigenvalue weighted by Crippen LogP contribution is 2.22. The van der Waals surface area contributed by atoms with Gasteiger partial charge < -0.3 is 10.0 Å². The minimum Gasteiger partial charge on any atom is -0.392 e. The molecule has 0 saturated carbocycles. The summed E-state index contributed by atoms with van der Waals surface area (Å²) in [4.78, 5) is 21.4. The summed E-state index contributed by atoms with van der Waals surface area (Å²) in [5.74, 6) is 0.0496. The Bertz CT molecular complexity index is 692. The average molecular weight is 345 g/mol. The number of hydrogen-bond donors (Lipinski definition) is 1. The van der Waals surface area contributed by atoms with Crippen LogP contribution in [0.1, 0.15) is 23.0 Å². The van der Waals surface area contributed by atoms with Gasteiger partial charge in [0.05, 0.1) is 23.1 Å². The van der Waals surface area contributed by atoms with Gasteiger partial charge in [-0.15, -0.1) is 0 Å². The molecule has 1 fully saturated rings. The van der Waals surface area contributed by atoms with Crippen LogP contribution in [0.3, 0.4) is 0 Å². The zero-order chi connectivity index (χ0) is 17.1. The van der Waals surface area contributed by atoms with Crippen molar-refractivity contribution in [2.45, 2.75) is 20.0 Å². The van der Waals surface area contributed by atoms with E-state index >= 15 is 0 Å². The lowest BCUT2D eigenvalue weighted by Crippen LogP contribution is -2.50. The number of carbonyl (C=O) groups is 1. The molecule has 1 amide bonds. The first-order chi connectivity index (χ1) is 11.5. The summed E-state index contributed by atoms with van der Waals surface area (Å²) in [5.41, 5.74) is 3.45. The van der Waals surface area contributed by atoms with Crippen molar-refractivity contribution in [2.75, 3.05) is 32.7 Å². The molecule has 0 spiro atoms. The van der Waals surface area contributed by atoms with Gasteiger partial charge in [-0.25, -0.2) is 0 Å². The summed E-state index contributed by atoms with van der Waals surface area (Å²) in [7, 11) is 0. The number of thiophene rings is 1. The van der Waals surface area contributed by atoms with Crippen LogP contribution in [0.4, 0.5) is 0 Å². The maximum Gasteiger partial charge on any atom is 0.255 e. The minimum absolute atomic E-state index is 0.0496. The zero-order valence-corrected chi connectivity index (χ0v) is 14.9. The van der Waals surface area contributed by atoms with Crippen LogP contribution in [-0.4, -0.2) is 64.6 Å². The number of aliphatic hydroxyl groups is 1. The second-order valence-electron chi connectivity index (χ2n) is 6.28. The van der Waals surface area contributed by atoms with Crippen LogP contribution >= 0.6 is 11.3 Å². The largest absolute Gasteiger partial charge is 0.392 e. The third-order valence-electron chi connectivity index (χ3n) is 4.32. The minimum atomic E-state index is -0.330. The van der Waals surface area contributed by atoms with Crippen LogP contribution in [0.5, 0.6) is 0 Å². The number of piperazine rings is 1. The van der Waals surface area contributed by atoms with Crippen LogP contribution in [0.25, 0.3) is 11.3 Å². The molecule has 24 heavy (non-hydrogen) atoms. The molecular weight excluding hydrogens is 322 g/mol. The molecule has 2 aromatic heterocycles. The van der Waals surface area contributed by atoms with Crippen molar-refractivity contribution in [3.05, 3.63) is 40.2 Å². The Kier molecular flexibility index (Phi) is 5.28. The third-order valence-corrected chi connectivity index (χ3v) is 5.00. The Hall–Kier alpha value is -1.76. The molecular formula is C18H23N3O2S. The fourth-order valence-electron chi connectivity index (χ4n) is 3.04. The Morgan fingerprint density at radius 1 is 1.29 bits per heavy atom. The van der Waals surface area contributed by atoms with Crippen molar-refractivity contribution in [3.8, 4) is 11.3 Å². The predicted molar refractivity (Wildman–Crippen MR) is 96.3 cm³/mol. The number of rotatable bonds is 4. The number of aromatic nitrogens is 1. The molecule has 3 heterocycles. The fourth-order valence-corrected chi connectivity index (χ4v) is 3.69. The molecule has 1 atom stereocenters. The lowest BCUT2D eigenvalue weighted by molar-refractivity contribution is 0.0553. The highest BCUT2D eigenvalue weighted by molar-refractivity contribution is 7.08. The van der Waals surface area contributed by atoms with Gasteiger partial charge in [-0.05, 0) is 37.4 Å². The summed E-state index contributed by atoms with van der Waals surface area (Å²) < 4.78 is 0. The molecule has 1 saturated heterocycles. The molecule has 1 unspecified atom stereocenters. The van der Waals surface area contributed by atoms with E-state index < -0.39 is 0 Å². The first-order valence-corrected chi connectivity index (χ1v) is 9.19. The molecule has 0 radical (unpaired) electrons. The summed E-state index contributed by atoms with van der Waals surface area (Å²) in [6.07, 6.45) is -0.330. The molecule has 5 nitrogen and oxygen atoms in total. The lowest BCUT2D eigenvalue weighted by Gasteiger charge is -2.35. The van der Waals surface area contributed by atoms with E-state index in [9.17, 15) is 9.90 Å². The van der Waals surface area contributed by atoms with Gasteiger partial charge in [0, 0.05) is 43.7 Å². The third kappa shape index (κ3) is 3.83. The molecule has 6 heteroatoms. The van der Waals surface area contributed by atoms with E-state index in [1.165, 1.54) is 0 Å². The quantitative estimate of drug-likeness (QED) is 0.923. The van der Waals surface area contributed by atoms with Gasteiger partial charge >= 0.3 is 0 Å². The standard InChI is InChI=1S/C18H23N3O2S/c1-13(22)11-20-6-8-21(9-7-20)18(23)16-3-4-17(19-14(16)2)15-5-10-24-12-15/h3-5,10,12-13,22H,6-9,11H2,1-2H3. The lowest BCUT2D eigenvalue weighted by atomic mass is 10.1. The highest BCUT2D eigenvalue weighted by Gasteiger charge is 2.24. The predicted octanol–water partition coefficient (Wildman–Crippen LogP) is 2.26. The van der Waals surface area contributed by atoms with E-state index in [1.54, 1.807) is 18.3 Å². The number of aliphatic hydroxyl groups excluding tert-OH is 1. The van der Waals surface area contributed by atoms with Crippen molar-refractivity contribution in [1.29, 1.82) is 0 Å². The smallest absolute Gasteiger partial charge is 0.255 e. The maximum atomic E-state index is 12.8. The number of pyridine rings is 1. The van der Waals surface area contributed by atoms with Gasteiger partial charge in [-0.2, -0.15) is 11.3 Å².